The van der Waals surface area contributed by atoms with Crippen LogP contribution in [0.5, 0.6) is 0 Å². The average Bonchev–Trinajstić information content (AvgIpc) is 3.09. The molecule has 45 heavy (non-hydrogen) atoms. The van der Waals surface area contributed by atoms with Gasteiger partial charge in [0.1, 0.15) is 39.2 Å². The van der Waals surface area contributed by atoms with Crippen LogP contribution in [0.25, 0.3) is 76.5 Å². The van der Waals surface area contributed by atoms with Crippen molar-refractivity contribution >= 4 is 110 Å². The predicted octanol–water partition coefficient (Wildman–Crippen LogP) is 2.59. The highest BCUT2D eigenvalue weighted by molar-refractivity contribution is 6.69. The van der Waals surface area contributed by atoms with Crippen molar-refractivity contribution in [3.8, 4) is 33.4 Å². The minimum atomic E-state index is 1.24. The molecule has 8 aromatic carbocycles. The zero-order valence-corrected chi connectivity index (χ0v) is 26.6. The molecule has 0 spiro atoms. The van der Waals surface area contributed by atoms with E-state index in [1.807, 2.05) is 0 Å². The maximum Gasteiger partial charge on any atom is 0.139 e. The summed E-state index contributed by atoms with van der Waals surface area (Å²) in [5.41, 5.74) is 14.7. The summed E-state index contributed by atoms with van der Waals surface area (Å²) in [5.74, 6) is 0. The van der Waals surface area contributed by atoms with E-state index in [9.17, 15) is 0 Å². The van der Waals surface area contributed by atoms with Gasteiger partial charge in [0.05, 0.1) is 0 Å². The second-order valence-electron chi connectivity index (χ2n) is 12.6. The molecule has 5 heteroatoms. The molecular weight excluding hydrogens is 535 g/mol. The fourth-order valence-electron chi connectivity index (χ4n) is 7.69. The van der Waals surface area contributed by atoms with Crippen LogP contribution in [0.15, 0.2) is 127 Å². The first-order valence-corrected chi connectivity index (χ1v) is 16.0. The summed E-state index contributed by atoms with van der Waals surface area (Å²) in [5, 5.41) is 10.4. The van der Waals surface area contributed by atoms with Gasteiger partial charge in [0.15, 0.2) is 0 Å². The van der Waals surface area contributed by atoms with Crippen molar-refractivity contribution < 1.29 is 0 Å². The lowest BCUT2D eigenvalue weighted by atomic mass is 9.59. The van der Waals surface area contributed by atoms with Crippen molar-refractivity contribution in [2.45, 2.75) is 0 Å². The molecule has 8 aromatic rings. The highest BCUT2D eigenvalue weighted by Crippen LogP contribution is 2.45. The topological polar surface area (TPSA) is 0 Å². The van der Waals surface area contributed by atoms with Crippen molar-refractivity contribution in [2.24, 2.45) is 0 Å². The van der Waals surface area contributed by atoms with E-state index in [4.69, 9.17) is 0 Å². The maximum atomic E-state index is 2.37. The lowest BCUT2D eigenvalue weighted by Crippen LogP contribution is -2.55. The molecule has 0 radical (unpaired) electrons. The summed E-state index contributed by atoms with van der Waals surface area (Å²) in [7, 11) is 11.5. The molecule has 0 aromatic heterocycles. The molecule has 0 atom stereocenters. The first kappa shape index (κ1) is 27.7. The lowest BCUT2D eigenvalue weighted by Gasteiger charge is -2.25. The highest BCUT2D eigenvalue weighted by atomic mass is 14.2. The van der Waals surface area contributed by atoms with Gasteiger partial charge in [-0.3, -0.25) is 0 Å². The summed E-state index contributed by atoms with van der Waals surface area (Å²) in [4.78, 5) is 0. The Balaban J connectivity index is 1.48. The molecule has 0 saturated carbocycles. The van der Waals surface area contributed by atoms with Gasteiger partial charge in [-0.15, -0.1) is 16.4 Å². The molecule has 0 aliphatic rings. The number of benzene rings is 8. The zero-order chi connectivity index (χ0) is 30.8. The Labute approximate surface area is 269 Å². The second kappa shape index (κ2) is 10.6. The Morgan fingerprint density at radius 1 is 0.289 bits per heavy atom. The monoisotopic (exact) mass is 566 g/mol. The van der Waals surface area contributed by atoms with E-state index in [1.54, 1.807) is 0 Å². The molecule has 0 nitrogen and oxygen atoms in total. The van der Waals surface area contributed by atoms with Crippen LogP contribution in [0, 0.1) is 0 Å². The van der Waals surface area contributed by atoms with Crippen LogP contribution in [0.3, 0.4) is 0 Å². The molecule has 8 rings (SSSR count). The maximum absolute atomic E-state index is 2.37. The van der Waals surface area contributed by atoms with E-state index in [-0.39, 0.29) is 0 Å². The summed E-state index contributed by atoms with van der Waals surface area (Å²) in [6.45, 7) is 0. The van der Waals surface area contributed by atoms with Crippen molar-refractivity contribution in [1.82, 2.24) is 0 Å². The molecular formula is C40H31B5. The van der Waals surface area contributed by atoms with Crippen LogP contribution < -0.4 is 27.3 Å². The van der Waals surface area contributed by atoms with E-state index in [2.05, 4.69) is 167 Å². The molecule has 0 aliphatic heterocycles. The minimum absolute atomic E-state index is 1.24. The molecule has 0 fully saturated rings. The molecule has 0 amide bonds. The van der Waals surface area contributed by atoms with Gasteiger partial charge in [-0.05, 0) is 76.5 Å². The first-order chi connectivity index (χ1) is 21.9. The lowest BCUT2D eigenvalue weighted by molar-refractivity contribution is 1.64. The summed E-state index contributed by atoms with van der Waals surface area (Å²) < 4.78 is 0. The molecule has 206 valence electrons. The summed E-state index contributed by atoms with van der Waals surface area (Å²) in [6, 6.07) is 47.1. The largest absolute Gasteiger partial charge is 0.139 e. The summed E-state index contributed by atoms with van der Waals surface area (Å²) >= 11 is 0. The van der Waals surface area contributed by atoms with Gasteiger partial charge in [-0.1, -0.05) is 138 Å². The van der Waals surface area contributed by atoms with Gasteiger partial charge in [0, 0.05) is 0 Å². The normalized spacial score (nSPS) is 11.6. The molecule has 0 aliphatic carbocycles. The molecule has 0 N–H and O–H groups in total. The van der Waals surface area contributed by atoms with E-state index in [0.29, 0.717) is 0 Å². The minimum Gasteiger partial charge on any atom is -0.102 e. The van der Waals surface area contributed by atoms with E-state index < -0.39 is 0 Å². The predicted molar refractivity (Wildman–Crippen MR) is 214 cm³/mol. The van der Waals surface area contributed by atoms with Crippen molar-refractivity contribution in [2.75, 3.05) is 0 Å². The van der Waals surface area contributed by atoms with E-state index >= 15 is 0 Å². The zero-order valence-electron chi connectivity index (χ0n) is 26.6. The van der Waals surface area contributed by atoms with Crippen LogP contribution in [-0.2, 0) is 0 Å². The summed E-state index contributed by atoms with van der Waals surface area (Å²) in [6.07, 6.45) is 0. The molecule has 0 bridgehead atoms. The van der Waals surface area contributed by atoms with Gasteiger partial charge in [-0.2, -0.15) is 0 Å². The van der Waals surface area contributed by atoms with Crippen LogP contribution >= 0.6 is 0 Å². The smallest absolute Gasteiger partial charge is 0.102 e. The first-order valence-electron chi connectivity index (χ1n) is 16.0. The third-order valence-electron chi connectivity index (χ3n) is 10.4. The van der Waals surface area contributed by atoms with Gasteiger partial charge >= 0.3 is 0 Å². The Kier molecular flexibility index (Phi) is 6.54. The number of hydrogen-bond acceptors (Lipinski definition) is 0. The van der Waals surface area contributed by atoms with E-state index in [1.165, 1.54) is 104 Å². The Hall–Kier alpha value is -4.88. The second-order valence-corrected chi connectivity index (χ2v) is 12.6. The number of rotatable bonds is 3. The molecule has 0 unspecified atom stereocenters. The van der Waals surface area contributed by atoms with Gasteiger partial charge < -0.3 is 0 Å². The quantitative estimate of drug-likeness (QED) is 0.176. The van der Waals surface area contributed by atoms with Gasteiger partial charge in [0.25, 0.3) is 0 Å². The Bertz CT molecular complexity index is 2440. The molecule has 0 heterocycles. The van der Waals surface area contributed by atoms with Crippen molar-refractivity contribution in [1.29, 1.82) is 0 Å². The van der Waals surface area contributed by atoms with Crippen molar-refractivity contribution in [3.63, 3.8) is 0 Å². The third-order valence-corrected chi connectivity index (χ3v) is 10.4. The standard InChI is InChI=1S/C40H31B5/c41-36-35(37(42)39(44)40(45)38(36)43)34-30-14-6-5-13-29(30)32(33-28-12-4-2-9-23(28)20-21-31(33)34)25-18-16-24(17-19-25)27-15-7-10-22-8-1-3-11-26(22)27/h1-21H,41-45H2. The molecule has 0 saturated heterocycles. The Morgan fingerprint density at radius 3 is 1.44 bits per heavy atom. The number of fused-ring (bicyclic) bond motifs is 5. The average molecular weight is 566 g/mol. The van der Waals surface area contributed by atoms with Crippen LogP contribution in [0.4, 0.5) is 0 Å². The third kappa shape index (κ3) is 4.21. The van der Waals surface area contributed by atoms with Crippen molar-refractivity contribution in [3.05, 3.63) is 127 Å². The fraction of sp³-hybridized carbons (Fsp3) is 0. The van der Waals surface area contributed by atoms with Gasteiger partial charge in [0.2, 0.25) is 0 Å². The van der Waals surface area contributed by atoms with Gasteiger partial charge in [-0.25, -0.2) is 0 Å². The number of hydrogen-bond donors (Lipinski definition) is 0. The van der Waals surface area contributed by atoms with Crippen LogP contribution in [0.1, 0.15) is 0 Å². The Morgan fingerprint density at radius 2 is 0.778 bits per heavy atom. The van der Waals surface area contributed by atoms with Crippen LogP contribution in [0.2, 0.25) is 0 Å². The van der Waals surface area contributed by atoms with E-state index in [0.717, 1.165) is 0 Å². The fourth-order valence-corrected chi connectivity index (χ4v) is 7.69. The van der Waals surface area contributed by atoms with Crippen LogP contribution in [-0.4, -0.2) is 39.2 Å². The SMILES string of the molecule is Bc1c(B)c(B)c(-c2c3ccccc3c(-c3ccc(-c4cccc5ccccc45)cc3)c3c2ccc2ccccc23)c(B)c1B. The highest BCUT2D eigenvalue weighted by Gasteiger charge is 2.22.